The number of hydrogen-bond donors (Lipinski definition) is 2. The average molecular weight is 343 g/mol. The Morgan fingerprint density at radius 2 is 2.00 bits per heavy atom. The van der Waals surface area contributed by atoms with E-state index >= 15 is 0 Å². The van der Waals surface area contributed by atoms with Crippen LogP contribution in [0.15, 0.2) is 24.3 Å². The molecular weight excluding hydrogens is 319 g/mol. The number of benzene rings is 1. The molecule has 0 radical (unpaired) electrons. The second-order valence-corrected chi connectivity index (χ2v) is 6.27. The zero-order valence-electron chi connectivity index (χ0n) is 13.1. The summed E-state index contributed by atoms with van der Waals surface area (Å²) in [7, 11) is 0. The molecule has 1 amide bonds. The van der Waals surface area contributed by atoms with Crippen LogP contribution in [0.2, 0.25) is 0 Å². The van der Waals surface area contributed by atoms with Crippen LogP contribution < -0.4 is 10.6 Å². The van der Waals surface area contributed by atoms with E-state index in [1.54, 1.807) is 12.1 Å². The van der Waals surface area contributed by atoms with Crippen LogP contribution >= 0.6 is 12.4 Å². The lowest BCUT2D eigenvalue weighted by molar-refractivity contribution is -0.124. The Balaban J connectivity index is 0.00000192. The highest BCUT2D eigenvalue weighted by Crippen LogP contribution is 2.38. The smallest absolute Gasteiger partial charge is 0.222 e. The van der Waals surface area contributed by atoms with Crippen molar-refractivity contribution in [1.82, 2.24) is 10.6 Å². The number of hydrogen-bond acceptors (Lipinski definition) is 3. The molecule has 1 unspecified atom stereocenters. The number of rotatable bonds is 4. The fourth-order valence-electron chi connectivity index (χ4n) is 3.53. The van der Waals surface area contributed by atoms with Crippen molar-refractivity contribution < 1.29 is 13.9 Å². The van der Waals surface area contributed by atoms with E-state index in [1.165, 1.54) is 12.1 Å². The van der Waals surface area contributed by atoms with Crippen molar-refractivity contribution in [3.05, 3.63) is 35.6 Å². The normalized spacial score (nSPS) is 23.1. The molecule has 1 saturated heterocycles. The largest absolute Gasteiger partial charge is 0.378 e. The molecule has 3 rings (SSSR count). The molecule has 2 aliphatic rings. The van der Waals surface area contributed by atoms with Crippen LogP contribution in [0, 0.1) is 5.82 Å². The Morgan fingerprint density at radius 1 is 1.30 bits per heavy atom. The van der Waals surface area contributed by atoms with Crippen molar-refractivity contribution in [2.24, 2.45) is 0 Å². The molecule has 6 heteroatoms. The van der Waals surface area contributed by atoms with E-state index in [0.29, 0.717) is 19.6 Å². The number of nitrogens with one attached hydrogen (secondary N) is 2. The van der Waals surface area contributed by atoms with Gasteiger partial charge >= 0.3 is 0 Å². The summed E-state index contributed by atoms with van der Waals surface area (Å²) in [5.41, 5.74) is 0.674. The van der Waals surface area contributed by atoms with Crippen molar-refractivity contribution in [2.75, 3.05) is 19.8 Å². The predicted octanol–water partition coefficient (Wildman–Crippen LogP) is 2.51. The molecule has 2 fully saturated rings. The zero-order chi connectivity index (χ0) is 15.4. The van der Waals surface area contributed by atoms with E-state index in [9.17, 15) is 9.18 Å². The second-order valence-electron chi connectivity index (χ2n) is 6.27. The Hall–Kier alpha value is -1.17. The maximum Gasteiger partial charge on any atom is 0.222 e. The molecule has 0 aromatic heterocycles. The van der Waals surface area contributed by atoms with Crippen LogP contribution in [-0.4, -0.2) is 31.7 Å². The average Bonchev–Trinajstić information content (AvgIpc) is 2.98. The number of carbonyl (C=O) groups excluding carboxylic acids is 1. The molecule has 2 N–H and O–H groups in total. The summed E-state index contributed by atoms with van der Waals surface area (Å²) in [5, 5.41) is 6.52. The predicted molar refractivity (Wildman–Crippen MR) is 89.2 cm³/mol. The van der Waals surface area contributed by atoms with Gasteiger partial charge in [-0.2, -0.15) is 0 Å². The first-order chi connectivity index (χ1) is 10.7. The Morgan fingerprint density at radius 3 is 2.61 bits per heavy atom. The van der Waals surface area contributed by atoms with Gasteiger partial charge in [-0.05, 0) is 30.5 Å². The van der Waals surface area contributed by atoms with Gasteiger partial charge in [0.2, 0.25) is 5.91 Å². The SMILES string of the molecule is Cl.O=C(CC1COCCN1)NC1(c2ccc(F)cc2)CCCC1. The first-order valence-corrected chi connectivity index (χ1v) is 8.06. The summed E-state index contributed by atoms with van der Waals surface area (Å²) in [4.78, 5) is 12.4. The molecule has 23 heavy (non-hydrogen) atoms. The molecule has 0 spiro atoms. The first kappa shape index (κ1) is 18.2. The molecule has 1 heterocycles. The van der Waals surface area contributed by atoms with Gasteiger partial charge in [-0.25, -0.2) is 4.39 Å². The van der Waals surface area contributed by atoms with Gasteiger partial charge in [0.1, 0.15) is 5.82 Å². The van der Waals surface area contributed by atoms with Gasteiger partial charge in [-0.15, -0.1) is 12.4 Å². The molecule has 1 aliphatic carbocycles. The van der Waals surface area contributed by atoms with Gasteiger partial charge in [0, 0.05) is 19.0 Å². The zero-order valence-corrected chi connectivity index (χ0v) is 14.0. The van der Waals surface area contributed by atoms with Gasteiger partial charge in [-0.1, -0.05) is 25.0 Å². The molecule has 1 aromatic carbocycles. The van der Waals surface area contributed by atoms with Crippen LogP contribution in [-0.2, 0) is 15.1 Å². The Bertz CT molecular complexity index is 512. The fraction of sp³-hybridized carbons (Fsp3) is 0.588. The standard InChI is InChI=1S/C17H23FN2O2.ClH/c18-14-5-3-13(4-6-14)17(7-1-2-8-17)20-16(21)11-15-12-22-10-9-19-15;/h3-6,15,19H,1-2,7-12H2,(H,20,21);1H. The molecule has 1 saturated carbocycles. The maximum atomic E-state index is 13.2. The topological polar surface area (TPSA) is 50.4 Å². The third kappa shape index (κ3) is 4.43. The lowest BCUT2D eigenvalue weighted by Crippen LogP contribution is -2.48. The van der Waals surface area contributed by atoms with Gasteiger partial charge in [0.05, 0.1) is 18.8 Å². The highest BCUT2D eigenvalue weighted by molar-refractivity contribution is 5.85. The minimum atomic E-state index is -0.333. The van der Waals surface area contributed by atoms with E-state index in [2.05, 4.69) is 10.6 Å². The van der Waals surface area contributed by atoms with Crippen molar-refractivity contribution in [3.8, 4) is 0 Å². The van der Waals surface area contributed by atoms with Crippen molar-refractivity contribution >= 4 is 18.3 Å². The van der Waals surface area contributed by atoms with Crippen LogP contribution in [0.25, 0.3) is 0 Å². The summed E-state index contributed by atoms with van der Waals surface area (Å²) in [6, 6.07) is 6.61. The number of ether oxygens (including phenoxy) is 1. The molecular formula is C17H24ClFN2O2. The number of amides is 1. The van der Waals surface area contributed by atoms with Gasteiger partial charge < -0.3 is 15.4 Å². The monoisotopic (exact) mass is 342 g/mol. The second kappa shape index (κ2) is 8.08. The van der Waals surface area contributed by atoms with Crippen LogP contribution in [0.4, 0.5) is 4.39 Å². The van der Waals surface area contributed by atoms with Gasteiger partial charge in [0.25, 0.3) is 0 Å². The minimum absolute atomic E-state index is 0. The van der Waals surface area contributed by atoms with E-state index in [0.717, 1.165) is 37.8 Å². The summed E-state index contributed by atoms with van der Waals surface area (Å²) >= 11 is 0. The summed E-state index contributed by atoms with van der Waals surface area (Å²) in [6.07, 6.45) is 4.42. The number of halogens is 2. The quantitative estimate of drug-likeness (QED) is 0.884. The summed E-state index contributed by atoms with van der Waals surface area (Å²) in [6.45, 7) is 2.08. The van der Waals surface area contributed by atoms with Gasteiger partial charge in [0.15, 0.2) is 0 Å². The molecule has 128 valence electrons. The number of carbonyl (C=O) groups is 1. The Labute approximate surface area is 142 Å². The van der Waals surface area contributed by atoms with Crippen molar-refractivity contribution in [3.63, 3.8) is 0 Å². The summed E-state index contributed by atoms with van der Waals surface area (Å²) in [5.74, 6) is -0.207. The maximum absolute atomic E-state index is 13.2. The molecule has 1 atom stereocenters. The van der Waals surface area contributed by atoms with E-state index in [-0.39, 0.29) is 35.7 Å². The summed E-state index contributed by atoms with van der Waals surface area (Å²) < 4.78 is 18.6. The van der Waals surface area contributed by atoms with E-state index in [4.69, 9.17) is 4.74 Å². The number of morpholine rings is 1. The molecule has 1 aromatic rings. The highest BCUT2D eigenvalue weighted by atomic mass is 35.5. The van der Waals surface area contributed by atoms with Crippen LogP contribution in [0.5, 0.6) is 0 Å². The van der Waals surface area contributed by atoms with Crippen molar-refractivity contribution in [1.29, 1.82) is 0 Å². The Kier molecular flexibility index (Phi) is 6.39. The van der Waals surface area contributed by atoms with E-state index in [1.807, 2.05) is 0 Å². The lowest BCUT2D eigenvalue weighted by Gasteiger charge is -2.32. The fourth-order valence-corrected chi connectivity index (χ4v) is 3.53. The molecule has 1 aliphatic heterocycles. The highest BCUT2D eigenvalue weighted by Gasteiger charge is 2.37. The molecule has 0 bridgehead atoms. The third-order valence-electron chi connectivity index (χ3n) is 4.66. The van der Waals surface area contributed by atoms with Crippen LogP contribution in [0.3, 0.4) is 0 Å². The van der Waals surface area contributed by atoms with Crippen molar-refractivity contribution in [2.45, 2.75) is 43.7 Å². The van der Waals surface area contributed by atoms with Gasteiger partial charge in [-0.3, -0.25) is 4.79 Å². The molecule has 4 nitrogen and oxygen atoms in total. The third-order valence-corrected chi connectivity index (χ3v) is 4.66. The lowest BCUT2D eigenvalue weighted by atomic mass is 9.87. The minimum Gasteiger partial charge on any atom is -0.378 e. The van der Waals surface area contributed by atoms with Crippen LogP contribution in [0.1, 0.15) is 37.7 Å². The van der Waals surface area contributed by atoms with E-state index < -0.39 is 0 Å². The first-order valence-electron chi connectivity index (χ1n) is 8.06.